The van der Waals surface area contributed by atoms with Gasteiger partial charge in [0.2, 0.25) is 0 Å². The number of nitrogens with one attached hydrogen (secondary N) is 2. The SMILES string of the molecule is CN(C)CCCNC(=O)c1cccc(N=C(c2ccccc2)c2c(O)[nH]c3cc(Cl)ccc23)c1. The molecule has 174 valence electrons. The van der Waals surface area contributed by atoms with Crippen molar-refractivity contribution in [2.75, 3.05) is 27.2 Å². The number of H-pyrrole nitrogens is 1. The summed E-state index contributed by atoms with van der Waals surface area (Å²) >= 11 is 6.14. The summed E-state index contributed by atoms with van der Waals surface area (Å²) in [4.78, 5) is 22.6. The third-order valence-electron chi connectivity index (χ3n) is 5.44. The maximum absolute atomic E-state index is 12.7. The number of hydrogen-bond acceptors (Lipinski definition) is 4. The first kappa shape index (κ1) is 23.5. The Kier molecular flexibility index (Phi) is 7.30. The van der Waals surface area contributed by atoms with E-state index in [2.05, 4.69) is 15.2 Å². The van der Waals surface area contributed by atoms with E-state index in [1.165, 1.54) is 0 Å². The van der Waals surface area contributed by atoms with Crippen LogP contribution in [0.25, 0.3) is 10.9 Å². The lowest BCUT2D eigenvalue weighted by Crippen LogP contribution is -2.27. The van der Waals surface area contributed by atoms with E-state index in [0.717, 1.165) is 29.4 Å². The van der Waals surface area contributed by atoms with E-state index in [9.17, 15) is 9.90 Å². The van der Waals surface area contributed by atoms with Gasteiger partial charge in [-0.2, -0.15) is 0 Å². The largest absolute Gasteiger partial charge is 0.494 e. The van der Waals surface area contributed by atoms with Gasteiger partial charge >= 0.3 is 0 Å². The average Bonchev–Trinajstić information content (AvgIpc) is 3.15. The molecular formula is C27H27ClN4O2. The van der Waals surface area contributed by atoms with Crippen LogP contribution in [0.1, 0.15) is 27.9 Å². The lowest BCUT2D eigenvalue weighted by atomic mass is 10.0. The minimum Gasteiger partial charge on any atom is -0.494 e. The second kappa shape index (κ2) is 10.5. The molecule has 0 unspecified atom stereocenters. The summed E-state index contributed by atoms with van der Waals surface area (Å²) in [6.45, 7) is 1.51. The summed E-state index contributed by atoms with van der Waals surface area (Å²) in [5.74, 6) is -0.128. The van der Waals surface area contributed by atoms with Crippen LogP contribution in [0.3, 0.4) is 0 Å². The number of rotatable bonds is 8. The number of aromatic amines is 1. The molecular weight excluding hydrogens is 448 g/mol. The van der Waals surface area contributed by atoms with E-state index in [1.807, 2.05) is 62.6 Å². The molecule has 0 aliphatic rings. The van der Waals surface area contributed by atoms with Crippen molar-refractivity contribution < 1.29 is 9.90 Å². The summed E-state index contributed by atoms with van der Waals surface area (Å²) in [6.07, 6.45) is 0.874. The molecule has 0 saturated carbocycles. The fourth-order valence-corrected chi connectivity index (χ4v) is 3.97. The smallest absolute Gasteiger partial charge is 0.251 e. The van der Waals surface area contributed by atoms with Gasteiger partial charge in [-0.15, -0.1) is 0 Å². The van der Waals surface area contributed by atoms with Crippen molar-refractivity contribution in [3.8, 4) is 5.88 Å². The number of aromatic hydroxyl groups is 1. The quantitative estimate of drug-likeness (QED) is 0.237. The summed E-state index contributed by atoms with van der Waals surface area (Å²) < 4.78 is 0. The number of halogens is 1. The zero-order valence-electron chi connectivity index (χ0n) is 19.2. The first-order valence-electron chi connectivity index (χ1n) is 11.1. The van der Waals surface area contributed by atoms with Crippen LogP contribution in [0, 0.1) is 0 Å². The number of amides is 1. The number of hydrogen-bond donors (Lipinski definition) is 3. The van der Waals surface area contributed by atoms with Crippen molar-refractivity contribution in [2.45, 2.75) is 6.42 Å². The zero-order chi connectivity index (χ0) is 24.1. The third-order valence-corrected chi connectivity index (χ3v) is 5.68. The van der Waals surface area contributed by atoms with Gasteiger partial charge in [0.25, 0.3) is 5.91 Å². The van der Waals surface area contributed by atoms with Crippen molar-refractivity contribution in [1.29, 1.82) is 0 Å². The van der Waals surface area contributed by atoms with Gasteiger partial charge in [0, 0.05) is 28.1 Å². The Bertz CT molecular complexity index is 1330. The predicted molar refractivity (Wildman–Crippen MR) is 139 cm³/mol. The second-order valence-corrected chi connectivity index (χ2v) is 8.76. The first-order valence-corrected chi connectivity index (χ1v) is 11.5. The van der Waals surface area contributed by atoms with Crippen molar-refractivity contribution in [1.82, 2.24) is 15.2 Å². The Labute approximate surface area is 203 Å². The van der Waals surface area contributed by atoms with E-state index in [0.29, 0.717) is 34.1 Å². The molecule has 0 saturated heterocycles. The minimum atomic E-state index is -0.137. The van der Waals surface area contributed by atoms with Crippen molar-refractivity contribution in [2.24, 2.45) is 4.99 Å². The standard InChI is InChI=1S/C27H27ClN4O2/c1-32(2)15-7-14-29-26(33)19-10-6-11-21(16-19)30-25(18-8-4-3-5-9-18)24-22-13-12-20(28)17-23(22)31-27(24)34/h3-6,8-13,16-17,31,34H,7,14-15H2,1-2H3,(H,29,33). The molecule has 3 aromatic carbocycles. The first-order chi connectivity index (χ1) is 16.4. The molecule has 1 aromatic heterocycles. The molecule has 0 atom stereocenters. The van der Waals surface area contributed by atoms with Crippen molar-refractivity contribution in [3.63, 3.8) is 0 Å². The second-order valence-electron chi connectivity index (χ2n) is 8.33. The van der Waals surface area contributed by atoms with Crippen LogP contribution in [0.4, 0.5) is 5.69 Å². The minimum absolute atomic E-state index is 0.00894. The molecule has 0 fully saturated rings. The van der Waals surface area contributed by atoms with Gasteiger partial charge in [-0.25, -0.2) is 4.99 Å². The topological polar surface area (TPSA) is 80.7 Å². The highest BCUT2D eigenvalue weighted by atomic mass is 35.5. The Morgan fingerprint density at radius 1 is 1.03 bits per heavy atom. The number of fused-ring (bicyclic) bond motifs is 1. The summed E-state index contributed by atoms with van der Waals surface area (Å²) in [5, 5.41) is 15.1. The number of aliphatic imine (C=N–C) groups is 1. The zero-order valence-corrected chi connectivity index (χ0v) is 19.9. The number of benzene rings is 3. The van der Waals surface area contributed by atoms with Gasteiger partial charge in [-0.05, 0) is 57.4 Å². The van der Waals surface area contributed by atoms with E-state index in [1.54, 1.807) is 24.3 Å². The number of carbonyl (C=O) groups excluding carboxylic acids is 1. The molecule has 0 spiro atoms. The lowest BCUT2D eigenvalue weighted by molar-refractivity contribution is 0.0952. The Morgan fingerprint density at radius 3 is 2.56 bits per heavy atom. The van der Waals surface area contributed by atoms with Crippen LogP contribution in [0.15, 0.2) is 77.8 Å². The highest BCUT2D eigenvalue weighted by Crippen LogP contribution is 2.33. The number of nitrogens with zero attached hydrogens (tertiary/aromatic N) is 2. The molecule has 34 heavy (non-hydrogen) atoms. The maximum atomic E-state index is 12.7. The molecule has 6 nitrogen and oxygen atoms in total. The molecule has 1 heterocycles. The molecule has 0 aliphatic carbocycles. The summed E-state index contributed by atoms with van der Waals surface area (Å²) in [7, 11) is 4.02. The van der Waals surface area contributed by atoms with E-state index in [4.69, 9.17) is 16.6 Å². The molecule has 4 aromatic rings. The van der Waals surface area contributed by atoms with Gasteiger partial charge < -0.3 is 20.3 Å². The summed E-state index contributed by atoms with van der Waals surface area (Å²) in [5.41, 5.74) is 3.88. The van der Waals surface area contributed by atoms with Gasteiger partial charge in [-0.3, -0.25) is 4.79 Å². The Balaban J connectivity index is 1.71. The van der Waals surface area contributed by atoms with Gasteiger partial charge in [-0.1, -0.05) is 54.1 Å². The molecule has 1 amide bonds. The molecule has 0 bridgehead atoms. The van der Waals surface area contributed by atoms with Crippen LogP contribution < -0.4 is 5.32 Å². The van der Waals surface area contributed by atoms with Gasteiger partial charge in [0.15, 0.2) is 5.88 Å². The highest BCUT2D eigenvalue weighted by Gasteiger charge is 2.19. The fraction of sp³-hybridized carbons (Fsp3) is 0.185. The molecule has 0 radical (unpaired) electrons. The van der Waals surface area contributed by atoms with Crippen LogP contribution in [-0.2, 0) is 0 Å². The number of aromatic nitrogens is 1. The van der Waals surface area contributed by atoms with Crippen molar-refractivity contribution in [3.05, 3.63) is 94.5 Å². The van der Waals surface area contributed by atoms with Crippen LogP contribution >= 0.6 is 11.6 Å². The molecule has 0 aliphatic heterocycles. The van der Waals surface area contributed by atoms with Crippen LogP contribution in [0.5, 0.6) is 5.88 Å². The predicted octanol–water partition coefficient (Wildman–Crippen LogP) is 5.38. The lowest BCUT2D eigenvalue weighted by Gasteiger charge is -2.10. The van der Waals surface area contributed by atoms with Crippen LogP contribution in [-0.4, -0.2) is 53.8 Å². The van der Waals surface area contributed by atoms with Gasteiger partial charge in [0.05, 0.1) is 22.5 Å². The van der Waals surface area contributed by atoms with E-state index < -0.39 is 0 Å². The normalized spacial score (nSPS) is 11.8. The average molecular weight is 475 g/mol. The Hall–Kier alpha value is -3.61. The Morgan fingerprint density at radius 2 is 1.79 bits per heavy atom. The van der Waals surface area contributed by atoms with Crippen molar-refractivity contribution >= 4 is 39.8 Å². The van der Waals surface area contributed by atoms with Crippen LogP contribution in [0.2, 0.25) is 5.02 Å². The van der Waals surface area contributed by atoms with Gasteiger partial charge in [0.1, 0.15) is 0 Å². The highest BCUT2D eigenvalue weighted by molar-refractivity contribution is 6.31. The van der Waals surface area contributed by atoms with E-state index in [-0.39, 0.29) is 11.8 Å². The molecule has 7 heteroatoms. The maximum Gasteiger partial charge on any atom is 0.251 e. The molecule has 4 rings (SSSR count). The monoisotopic (exact) mass is 474 g/mol. The summed E-state index contributed by atoms with van der Waals surface area (Å²) in [6, 6.07) is 22.2. The third kappa shape index (κ3) is 5.47. The number of carbonyl (C=O) groups is 1. The van der Waals surface area contributed by atoms with E-state index >= 15 is 0 Å². The molecule has 3 N–H and O–H groups in total. The fourth-order valence-electron chi connectivity index (χ4n) is 3.80.